The van der Waals surface area contributed by atoms with Crippen molar-refractivity contribution >= 4 is 0 Å². The van der Waals surface area contributed by atoms with E-state index in [-0.39, 0.29) is 8.74 Å². The van der Waals surface area contributed by atoms with Crippen molar-refractivity contribution in [3.8, 4) is 46.1 Å². The molecule has 0 saturated carbocycles. The highest BCUT2D eigenvalue weighted by molar-refractivity contribution is 5.64. The van der Waals surface area contributed by atoms with Crippen LogP contribution in [0.1, 0.15) is 28.1 Å². The number of rotatable bonds is 7. The number of nitrogens with two attached hydrogens (primary N) is 1. The molecule has 0 spiro atoms. The maximum Gasteiger partial charge on any atom is 0.268 e. The van der Waals surface area contributed by atoms with Crippen LogP contribution in [0, 0.1) is 18.3 Å². The van der Waals surface area contributed by atoms with Gasteiger partial charge in [-0.05, 0) is 57.2 Å². The first-order valence-corrected chi connectivity index (χ1v) is 10.4. The Morgan fingerprint density at radius 1 is 1.09 bits per heavy atom. The number of hydrogen-bond acceptors (Lipinski definition) is 9. The molecule has 0 bridgehead atoms. The molecular weight excluding hydrogens is 418 g/mol. The van der Waals surface area contributed by atoms with Gasteiger partial charge >= 0.3 is 0 Å². The zero-order chi connectivity index (χ0) is 23.4. The van der Waals surface area contributed by atoms with E-state index in [0.29, 0.717) is 41.8 Å². The van der Waals surface area contributed by atoms with E-state index in [0.717, 1.165) is 16.9 Å². The topological polar surface area (TPSA) is 137 Å². The Labute approximate surface area is 194 Å². The van der Waals surface area contributed by atoms with E-state index in [1.165, 1.54) is 0 Å². The highest BCUT2D eigenvalue weighted by Crippen LogP contribution is 2.29. The van der Waals surface area contributed by atoms with Crippen molar-refractivity contribution in [3.05, 3.63) is 60.2 Å². The normalized spacial score (nSPS) is 11.2. The van der Waals surface area contributed by atoms with Gasteiger partial charge in [0.2, 0.25) is 5.89 Å². The molecule has 0 atom stereocenters. The fourth-order valence-electron chi connectivity index (χ4n) is 3.09. The second-order valence-electron chi connectivity index (χ2n) is 7.93. The first kappa shape index (κ1) is 22.0. The number of ether oxygens (including phenoxy) is 1. The molecular formula is C24H27N7O2. The minimum atomic E-state index is -0.719. The Hall–Kier alpha value is -4.16. The van der Waals surface area contributed by atoms with E-state index in [1.54, 1.807) is 12.4 Å². The number of nitriles is 1. The van der Waals surface area contributed by atoms with Gasteiger partial charge in [-0.2, -0.15) is 5.26 Å². The lowest BCUT2D eigenvalue weighted by atomic mass is 9.90. The number of pyridine rings is 1. The van der Waals surface area contributed by atoms with Crippen LogP contribution in [-0.4, -0.2) is 38.3 Å². The summed E-state index contributed by atoms with van der Waals surface area (Å²) in [7, 11) is 0. The highest BCUT2D eigenvalue weighted by Gasteiger charge is 2.22. The maximum atomic E-state index is 9.43. The van der Waals surface area contributed by atoms with Gasteiger partial charge in [-0.3, -0.25) is 9.97 Å². The third-order valence-electron chi connectivity index (χ3n) is 5.05. The van der Waals surface area contributed by atoms with Gasteiger partial charge in [0, 0.05) is 26.7 Å². The lowest BCUT2D eigenvalue weighted by Crippen LogP contribution is -2.15. The van der Waals surface area contributed by atoms with Crippen molar-refractivity contribution in [3.63, 3.8) is 0 Å². The molecule has 0 fully saturated rings. The number of aromatic nitrogens is 5. The van der Waals surface area contributed by atoms with Crippen molar-refractivity contribution in [2.75, 3.05) is 13.2 Å². The van der Waals surface area contributed by atoms with Gasteiger partial charge in [-0.25, -0.2) is 4.98 Å². The van der Waals surface area contributed by atoms with Gasteiger partial charge in [-0.1, -0.05) is 0 Å². The summed E-state index contributed by atoms with van der Waals surface area (Å²) >= 11 is 0. The Balaban J connectivity index is 0.00000216. The standard InChI is InChI=1S/C24H23N7O2.2H2/c1-15-21(23-31-30-22(33-23)16-4-6-18(7-5-16)32-11-9-25)29-19(13-28-15)17-8-10-27-20(12-17)24(2,3)14-26;;/h4-8,10,12-13H,9,11,25H2,1-3H3;2*1H. The molecule has 4 aromatic rings. The van der Waals surface area contributed by atoms with Crippen molar-refractivity contribution in [1.82, 2.24) is 25.1 Å². The summed E-state index contributed by atoms with van der Waals surface area (Å²) in [4.78, 5) is 13.5. The lowest BCUT2D eigenvalue weighted by molar-refractivity contribution is 0.328. The first-order chi connectivity index (χ1) is 15.9. The Bertz CT molecular complexity index is 1320. The zero-order valence-corrected chi connectivity index (χ0v) is 18.6. The van der Waals surface area contributed by atoms with Crippen LogP contribution in [0.25, 0.3) is 34.3 Å². The van der Waals surface area contributed by atoms with Gasteiger partial charge in [0.05, 0.1) is 34.8 Å². The van der Waals surface area contributed by atoms with Gasteiger partial charge in [-0.15, -0.1) is 10.2 Å². The van der Waals surface area contributed by atoms with E-state index in [9.17, 15) is 5.26 Å². The van der Waals surface area contributed by atoms with Crippen LogP contribution in [0.4, 0.5) is 0 Å². The molecule has 0 amide bonds. The third kappa shape index (κ3) is 4.71. The second kappa shape index (κ2) is 9.14. The summed E-state index contributed by atoms with van der Waals surface area (Å²) in [5, 5.41) is 17.8. The molecule has 0 saturated heterocycles. The molecule has 9 nitrogen and oxygen atoms in total. The molecule has 3 aromatic heterocycles. The second-order valence-corrected chi connectivity index (χ2v) is 7.93. The van der Waals surface area contributed by atoms with Crippen LogP contribution in [0.3, 0.4) is 0 Å². The van der Waals surface area contributed by atoms with Gasteiger partial charge < -0.3 is 14.9 Å². The summed E-state index contributed by atoms with van der Waals surface area (Å²) in [5.41, 5.74) is 8.73. The summed E-state index contributed by atoms with van der Waals surface area (Å²) in [6.07, 6.45) is 3.34. The fraction of sp³-hybridized carbons (Fsp3) is 0.250. The molecule has 4 rings (SSSR count). The van der Waals surface area contributed by atoms with Gasteiger partial charge in [0.1, 0.15) is 18.1 Å². The van der Waals surface area contributed by atoms with Crippen LogP contribution in [0.2, 0.25) is 0 Å². The van der Waals surface area contributed by atoms with E-state index in [4.69, 9.17) is 19.9 Å². The number of benzene rings is 1. The number of aryl methyl sites for hydroxylation is 1. The molecule has 170 valence electrons. The Morgan fingerprint density at radius 2 is 1.85 bits per heavy atom. The summed E-state index contributed by atoms with van der Waals surface area (Å²) in [6.45, 7) is 6.37. The average molecular weight is 446 g/mol. The van der Waals surface area contributed by atoms with Crippen LogP contribution in [0.15, 0.2) is 53.2 Å². The molecule has 33 heavy (non-hydrogen) atoms. The Kier molecular flexibility index (Phi) is 6.11. The molecule has 1 aromatic carbocycles. The molecule has 3 heterocycles. The van der Waals surface area contributed by atoms with Crippen LogP contribution >= 0.6 is 0 Å². The first-order valence-electron chi connectivity index (χ1n) is 10.4. The van der Waals surface area contributed by atoms with Crippen molar-refractivity contribution in [2.45, 2.75) is 26.2 Å². The predicted molar refractivity (Wildman–Crippen MR) is 126 cm³/mol. The highest BCUT2D eigenvalue weighted by atomic mass is 16.5. The molecule has 0 unspecified atom stereocenters. The summed E-state index contributed by atoms with van der Waals surface area (Å²) in [6, 6.07) is 13.3. The molecule has 9 heteroatoms. The monoisotopic (exact) mass is 445 g/mol. The largest absolute Gasteiger partial charge is 0.492 e. The average Bonchev–Trinajstić information content (AvgIpc) is 3.33. The number of hydrogen-bond donors (Lipinski definition) is 1. The van der Waals surface area contributed by atoms with E-state index in [1.807, 2.05) is 57.2 Å². The third-order valence-corrected chi connectivity index (χ3v) is 5.05. The predicted octanol–water partition coefficient (Wildman–Crippen LogP) is 4.19. The lowest BCUT2D eigenvalue weighted by Gasteiger charge is -2.15. The zero-order valence-electron chi connectivity index (χ0n) is 18.6. The van der Waals surface area contributed by atoms with E-state index in [2.05, 4.69) is 26.2 Å². The molecule has 0 aliphatic heterocycles. The van der Waals surface area contributed by atoms with E-state index < -0.39 is 5.41 Å². The van der Waals surface area contributed by atoms with Crippen molar-refractivity contribution < 1.29 is 12.0 Å². The Morgan fingerprint density at radius 3 is 2.58 bits per heavy atom. The van der Waals surface area contributed by atoms with E-state index >= 15 is 0 Å². The minimum absolute atomic E-state index is 0. The number of nitrogens with zero attached hydrogens (tertiary/aromatic N) is 6. The van der Waals surface area contributed by atoms with Crippen LogP contribution in [0.5, 0.6) is 5.75 Å². The maximum absolute atomic E-state index is 9.43. The summed E-state index contributed by atoms with van der Waals surface area (Å²) in [5.74, 6) is 1.35. The molecule has 2 N–H and O–H groups in total. The SMILES string of the molecule is Cc1ncc(-c2ccnc(C(C)(C)C#N)c2)nc1-c1nnc(-c2ccc(OCCN)cc2)o1.[HH].[HH]. The molecule has 0 aliphatic rings. The smallest absolute Gasteiger partial charge is 0.268 e. The van der Waals surface area contributed by atoms with Crippen LogP contribution < -0.4 is 10.5 Å². The summed E-state index contributed by atoms with van der Waals surface area (Å²) < 4.78 is 11.4. The molecule has 0 radical (unpaired) electrons. The fourth-order valence-corrected chi connectivity index (χ4v) is 3.09. The van der Waals surface area contributed by atoms with Crippen LogP contribution in [-0.2, 0) is 5.41 Å². The van der Waals surface area contributed by atoms with Crippen molar-refractivity contribution in [2.24, 2.45) is 5.73 Å². The van der Waals surface area contributed by atoms with Crippen molar-refractivity contribution in [1.29, 1.82) is 5.26 Å². The van der Waals surface area contributed by atoms with Gasteiger partial charge in [0.15, 0.2) is 0 Å². The quantitative estimate of drug-likeness (QED) is 0.444. The molecule has 0 aliphatic carbocycles. The minimum Gasteiger partial charge on any atom is -0.492 e. The van der Waals surface area contributed by atoms with Gasteiger partial charge in [0.25, 0.3) is 5.89 Å².